The lowest BCUT2D eigenvalue weighted by Crippen LogP contribution is -2.19. The van der Waals surface area contributed by atoms with Crippen LogP contribution in [-0.4, -0.2) is 35.7 Å². The Balaban J connectivity index is 1.68. The molecule has 4 rings (SSSR count). The number of hydrogen-bond donors (Lipinski definition) is 1. The standard InChI is InChI=1S/C22H26FN5O2S/c1-24-31(29,30)19-12-11-17(13-16-7-3-2-4-8-16)20(14-19)22-25-27-28(26-22)15-18-9-5-6-10-21(18)23/h5-6,9-12,14,16,24H,2-4,7-8,13,15H2,1H3. The highest BCUT2D eigenvalue weighted by Gasteiger charge is 2.21. The highest BCUT2D eigenvalue weighted by molar-refractivity contribution is 7.89. The second-order valence-corrected chi connectivity index (χ2v) is 9.86. The van der Waals surface area contributed by atoms with Crippen molar-refractivity contribution in [2.24, 2.45) is 5.92 Å². The number of sulfonamides is 1. The van der Waals surface area contributed by atoms with Gasteiger partial charge in [0.15, 0.2) is 0 Å². The zero-order chi connectivity index (χ0) is 21.8. The number of halogens is 1. The van der Waals surface area contributed by atoms with E-state index in [-0.39, 0.29) is 17.3 Å². The van der Waals surface area contributed by atoms with Crippen molar-refractivity contribution in [1.82, 2.24) is 24.9 Å². The minimum atomic E-state index is -3.61. The smallest absolute Gasteiger partial charge is 0.214 e. The Kier molecular flexibility index (Phi) is 6.43. The minimum absolute atomic E-state index is 0.145. The molecule has 1 aliphatic carbocycles. The Bertz CT molecular complexity index is 1160. The van der Waals surface area contributed by atoms with Gasteiger partial charge in [0.25, 0.3) is 0 Å². The Morgan fingerprint density at radius 2 is 1.87 bits per heavy atom. The van der Waals surface area contributed by atoms with Crippen LogP contribution in [0.15, 0.2) is 47.4 Å². The van der Waals surface area contributed by atoms with Crippen molar-refractivity contribution in [3.8, 4) is 11.4 Å². The molecule has 2 aromatic carbocycles. The Labute approximate surface area is 181 Å². The van der Waals surface area contributed by atoms with Crippen molar-refractivity contribution in [3.05, 3.63) is 59.4 Å². The molecule has 3 aromatic rings. The fraction of sp³-hybridized carbons (Fsp3) is 0.409. The normalized spacial score (nSPS) is 15.3. The van der Waals surface area contributed by atoms with Crippen molar-refractivity contribution >= 4 is 10.0 Å². The zero-order valence-electron chi connectivity index (χ0n) is 17.5. The number of rotatable bonds is 7. The van der Waals surface area contributed by atoms with Gasteiger partial charge in [0.1, 0.15) is 5.82 Å². The quantitative estimate of drug-likeness (QED) is 0.603. The van der Waals surface area contributed by atoms with Crippen molar-refractivity contribution in [1.29, 1.82) is 0 Å². The molecule has 0 bridgehead atoms. The summed E-state index contributed by atoms with van der Waals surface area (Å²) in [5.41, 5.74) is 2.12. The summed E-state index contributed by atoms with van der Waals surface area (Å²) in [4.78, 5) is 1.49. The van der Waals surface area contributed by atoms with Crippen LogP contribution in [0.3, 0.4) is 0 Å². The number of hydrogen-bond acceptors (Lipinski definition) is 5. The number of aromatic nitrogens is 4. The van der Waals surface area contributed by atoms with Gasteiger partial charge in [-0.15, -0.1) is 10.2 Å². The van der Waals surface area contributed by atoms with Gasteiger partial charge in [-0.1, -0.05) is 56.4 Å². The largest absolute Gasteiger partial charge is 0.240 e. The van der Waals surface area contributed by atoms with Gasteiger partial charge in [-0.25, -0.2) is 17.5 Å². The Morgan fingerprint density at radius 1 is 1.10 bits per heavy atom. The van der Waals surface area contributed by atoms with E-state index < -0.39 is 10.0 Å². The third-order valence-corrected chi connectivity index (χ3v) is 7.27. The Hall–Kier alpha value is -2.65. The van der Waals surface area contributed by atoms with Gasteiger partial charge >= 0.3 is 0 Å². The van der Waals surface area contributed by atoms with Gasteiger partial charge in [-0.2, -0.15) is 4.80 Å². The van der Waals surface area contributed by atoms with Crippen LogP contribution in [-0.2, 0) is 23.0 Å². The van der Waals surface area contributed by atoms with Crippen LogP contribution in [0.5, 0.6) is 0 Å². The maximum atomic E-state index is 14.0. The monoisotopic (exact) mass is 443 g/mol. The van der Waals surface area contributed by atoms with Gasteiger partial charge in [-0.3, -0.25) is 0 Å². The number of benzene rings is 2. The number of nitrogens with zero attached hydrogens (tertiary/aromatic N) is 4. The molecule has 1 aromatic heterocycles. The van der Waals surface area contributed by atoms with Crippen LogP contribution in [0.4, 0.5) is 4.39 Å². The lowest BCUT2D eigenvalue weighted by atomic mass is 9.84. The first kappa shape index (κ1) is 21.6. The second-order valence-electron chi connectivity index (χ2n) is 7.97. The van der Waals surface area contributed by atoms with E-state index in [1.54, 1.807) is 30.3 Å². The minimum Gasteiger partial charge on any atom is -0.214 e. The summed E-state index contributed by atoms with van der Waals surface area (Å²) in [5.74, 6) is 0.574. The van der Waals surface area contributed by atoms with Crippen LogP contribution in [0.25, 0.3) is 11.4 Å². The van der Waals surface area contributed by atoms with Crippen LogP contribution in [0.1, 0.15) is 43.2 Å². The van der Waals surface area contributed by atoms with Gasteiger partial charge in [0.2, 0.25) is 15.8 Å². The first-order valence-electron chi connectivity index (χ1n) is 10.5. The van der Waals surface area contributed by atoms with E-state index in [2.05, 4.69) is 20.1 Å². The van der Waals surface area contributed by atoms with Crippen molar-refractivity contribution < 1.29 is 12.8 Å². The second kappa shape index (κ2) is 9.23. The summed E-state index contributed by atoms with van der Waals surface area (Å²) in [6.45, 7) is 0.145. The Morgan fingerprint density at radius 3 is 2.61 bits per heavy atom. The van der Waals surface area contributed by atoms with E-state index in [9.17, 15) is 12.8 Å². The molecule has 0 aliphatic heterocycles. The van der Waals surface area contributed by atoms with E-state index in [0.29, 0.717) is 22.9 Å². The first-order valence-corrected chi connectivity index (χ1v) is 12.0. The third-order valence-electron chi connectivity index (χ3n) is 5.86. The van der Waals surface area contributed by atoms with Crippen molar-refractivity contribution in [2.75, 3.05) is 7.05 Å². The molecule has 0 atom stereocenters. The van der Waals surface area contributed by atoms with E-state index >= 15 is 0 Å². The molecule has 1 saturated carbocycles. The van der Waals surface area contributed by atoms with Crippen LogP contribution < -0.4 is 4.72 Å². The van der Waals surface area contributed by atoms with Crippen LogP contribution >= 0.6 is 0 Å². The summed E-state index contributed by atoms with van der Waals surface area (Å²) in [6, 6.07) is 11.5. The maximum Gasteiger partial charge on any atom is 0.240 e. The molecule has 1 fully saturated rings. The first-order chi connectivity index (χ1) is 15.0. The molecule has 0 saturated heterocycles. The lowest BCUT2D eigenvalue weighted by molar-refractivity contribution is 0.357. The molecule has 164 valence electrons. The molecular formula is C22H26FN5O2S. The summed E-state index contributed by atoms with van der Waals surface area (Å²) in [6.07, 6.45) is 6.91. The molecule has 0 unspecified atom stereocenters. The third kappa shape index (κ3) is 4.99. The van der Waals surface area contributed by atoms with E-state index in [4.69, 9.17) is 0 Å². The van der Waals surface area contributed by atoms with Gasteiger partial charge in [0, 0.05) is 11.1 Å². The SMILES string of the molecule is CNS(=O)(=O)c1ccc(CC2CCCCC2)c(-c2nnn(Cc3ccccc3F)n2)c1. The molecule has 1 heterocycles. The molecular weight excluding hydrogens is 417 g/mol. The zero-order valence-corrected chi connectivity index (χ0v) is 18.3. The van der Waals surface area contributed by atoms with E-state index in [1.807, 2.05) is 6.07 Å². The highest BCUT2D eigenvalue weighted by atomic mass is 32.2. The highest BCUT2D eigenvalue weighted by Crippen LogP contribution is 2.31. The van der Waals surface area contributed by atoms with E-state index in [0.717, 1.165) is 12.0 Å². The van der Waals surface area contributed by atoms with Gasteiger partial charge < -0.3 is 0 Å². The van der Waals surface area contributed by atoms with E-state index in [1.165, 1.54) is 50.0 Å². The molecule has 31 heavy (non-hydrogen) atoms. The molecule has 1 N–H and O–H groups in total. The summed E-state index contributed by atoms with van der Waals surface area (Å²) in [7, 11) is -2.23. The molecule has 9 heteroatoms. The molecule has 1 aliphatic rings. The topological polar surface area (TPSA) is 89.8 Å². The molecule has 0 amide bonds. The van der Waals surface area contributed by atoms with Crippen LogP contribution in [0.2, 0.25) is 0 Å². The fourth-order valence-electron chi connectivity index (χ4n) is 4.13. The predicted octanol–water partition coefficient (Wildman–Crippen LogP) is 3.56. The number of tetrazole rings is 1. The van der Waals surface area contributed by atoms with Gasteiger partial charge in [0.05, 0.1) is 11.4 Å². The molecule has 0 radical (unpaired) electrons. The van der Waals surface area contributed by atoms with Crippen LogP contribution in [0, 0.1) is 11.7 Å². The fourth-order valence-corrected chi connectivity index (χ4v) is 4.88. The van der Waals surface area contributed by atoms with Gasteiger partial charge in [-0.05, 0) is 48.4 Å². The summed E-state index contributed by atoms with van der Waals surface area (Å²) < 4.78 is 41.1. The summed E-state index contributed by atoms with van der Waals surface area (Å²) >= 11 is 0. The lowest BCUT2D eigenvalue weighted by Gasteiger charge is -2.22. The molecule has 0 spiro atoms. The van der Waals surface area contributed by atoms with Crippen molar-refractivity contribution in [3.63, 3.8) is 0 Å². The average molecular weight is 444 g/mol. The number of nitrogens with one attached hydrogen (secondary N) is 1. The molecule has 7 nitrogen and oxygen atoms in total. The average Bonchev–Trinajstić information content (AvgIpc) is 3.24. The van der Waals surface area contributed by atoms with Crippen molar-refractivity contribution in [2.45, 2.75) is 50.0 Å². The maximum absolute atomic E-state index is 14.0. The summed E-state index contributed by atoms with van der Waals surface area (Å²) in [5, 5.41) is 12.7. The predicted molar refractivity (Wildman–Crippen MR) is 115 cm³/mol.